The average Bonchev–Trinajstić information content (AvgIpc) is 3.30. The molecule has 0 saturated carbocycles. The molecular weight excluding hydrogens is 369 g/mol. The Morgan fingerprint density at radius 3 is 2.69 bits per heavy atom. The normalized spacial score (nSPS) is 16.8. The molecule has 1 amide bonds. The Balaban J connectivity index is 1.67. The highest BCUT2D eigenvalue weighted by atomic mass is 35.5. The number of rotatable bonds is 3. The van der Waals surface area contributed by atoms with Crippen LogP contribution in [0.15, 0.2) is 54.7 Å². The van der Waals surface area contributed by atoms with Crippen molar-refractivity contribution in [3.05, 3.63) is 76.0 Å². The molecule has 2 aromatic carbocycles. The van der Waals surface area contributed by atoms with Gasteiger partial charge in [-0.2, -0.15) is 5.10 Å². The van der Waals surface area contributed by atoms with Gasteiger partial charge in [0, 0.05) is 27.7 Å². The molecule has 4 rings (SSSR count). The van der Waals surface area contributed by atoms with Crippen molar-refractivity contribution in [2.75, 3.05) is 6.54 Å². The molecule has 2 heterocycles. The van der Waals surface area contributed by atoms with Crippen molar-refractivity contribution in [3.63, 3.8) is 0 Å². The van der Waals surface area contributed by atoms with Gasteiger partial charge in [-0.15, -0.1) is 0 Å². The van der Waals surface area contributed by atoms with Crippen LogP contribution in [0.5, 0.6) is 0 Å². The lowest BCUT2D eigenvalue weighted by Gasteiger charge is -2.25. The lowest BCUT2D eigenvalue weighted by Crippen LogP contribution is -2.31. The fraction of sp³-hybridized carbons (Fsp3) is 0.200. The van der Waals surface area contributed by atoms with Crippen LogP contribution >= 0.6 is 23.2 Å². The number of carbonyl (C=O) groups is 1. The maximum absolute atomic E-state index is 13.0. The maximum atomic E-state index is 13.0. The number of H-pyrrole nitrogens is 1. The largest absolute Gasteiger partial charge is 0.330 e. The predicted molar refractivity (Wildman–Crippen MR) is 103 cm³/mol. The van der Waals surface area contributed by atoms with E-state index in [1.54, 1.807) is 30.5 Å². The average molecular weight is 386 g/mol. The van der Waals surface area contributed by atoms with Crippen LogP contribution in [0, 0.1) is 0 Å². The first-order valence-corrected chi connectivity index (χ1v) is 9.25. The molecule has 1 saturated heterocycles. The van der Waals surface area contributed by atoms with Crippen molar-refractivity contribution in [3.8, 4) is 11.1 Å². The third-order valence-corrected chi connectivity index (χ3v) is 5.23. The number of amides is 1. The summed E-state index contributed by atoms with van der Waals surface area (Å²) in [5.74, 6) is 0.0100. The summed E-state index contributed by atoms with van der Waals surface area (Å²) < 4.78 is 0. The number of hydrogen-bond donors (Lipinski definition) is 1. The van der Waals surface area contributed by atoms with Gasteiger partial charge in [0.25, 0.3) is 5.91 Å². The molecule has 132 valence electrons. The molecule has 1 aliphatic rings. The van der Waals surface area contributed by atoms with Crippen molar-refractivity contribution < 1.29 is 4.79 Å². The fourth-order valence-corrected chi connectivity index (χ4v) is 3.82. The lowest BCUT2D eigenvalue weighted by molar-refractivity contribution is 0.0733. The van der Waals surface area contributed by atoms with Crippen LogP contribution < -0.4 is 0 Å². The topological polar surface area (TPSA) is 49.0 Å². The third-order valence-electron chi connectivity index (χ3n) is 4.74. The van der Waals surface area contributed by atoms with E-state index in [-0.39, 0.29) is 11.9 Å². The number of nitrogens with zero attached hydrogens (tertiary/aromatic N) is 2. The smallest absolute Gasteiger partial charge is 0.254 e. The minimum Gasteiger partial charge on any atom is -0.330 e. The van der Waals surface area contributed by atoms with Gasteiger partial charge >= 0.3 is 0 Å². The minimum atomic E-state index is -0.0327. The van der Waals surface area contributed by atoms with Crippen LogP contribution in [0.2, 0.25) is 10.0 Å². The highest BCUT2D eigenvalue weighted by Gasteiger charge is 2.33. The number of aromatic nitrogens is 2. The zero-order valence-electron chi connectivity index (χ0n) is 14.0. The number of halogens is 2. The van der Waals surface area contributed by atoms with Crippen LogP contribution in [0.25, 0.3) is 11.1 Å². The van der Waals surface area contributed by atoms with Gasteiger partial charge in [-0.3, -0.25) is 9.89 Å². The lowest BCUT2D eigenvalue weighted by atomic mass is 10.0. The minimum absolute atomic E-state index is 0.0100. The van der Waals surface area contributed by atoms with Gasteiger partial charge in [-0.05, 0) is 54.8 Å². The van der Waals surface area contributed by atoms with Gasteiger partial charge in [0.2, 0.25) is 0 Å². The first-order valence-electron chi connectivity index (χ1n) is 8.49. The Morgan fingerprint density at radius 1 is 1.12 bits per heavy atom. The predicted octanol–water partition coefficient (Wildman–Crippen LogP) is 5.36. The number of likely N-dealkylation sites (tertiary alicyclic amines) is 1. The van der Waals surface area contributed by atoms with E-state index in [0.717, 1.165) is 36.2 Å². The van der Waals surface area contributed by atoms with Crippen molar-refractivity contribution in [2.45, 2.75) is 18.9 Å². The summed E-state index contributed by atoms with van der Waals surface area (Å²) in [7, 11) is 0. The summed E-state index contributed by atoms with van der Waals surface area (Å²) in [5, 5.41) is 8.63. The zero-order valence-corrected chi connectivity index (χ0v) is 15.5. The van der Waals surface area contributed by atoms with Gasteiger partial charge in [0.15, 0.2) is 0 Å². The summed E-state index contributed by atoms with van der Waals surface area (Å²) in [4.78, 5) is 14.9. The SMILES string of the molecule is O=C(c1ccc(Cl)cc1)N1CCC[C@H]1c1[nH]ncc1-c1cccc(Cl)c1. The second-order valence-electron chi connectivity index (χ2n) is 6.37. The van der Waals surface area contributed by atoms with Gasteiger partial charge in [0.05, 0.1) is 17.9 Å². The number of carbonyl (C=O) groups excluding carboxylic acids is 1. The van der Waals surface area contributed by atoms with Crippen LogP contribution in [-0.2, 0) is 0 Å². The highest BCUT2D eigenvalue weighted by Crippen LogP contribution is 2.37. The number of aromatic amines is 1. The summed E-state index contributed by atoms with van der Waals surface area (Å²) in [5.41, 5.74) is 3.57. The quantitative estimate of drug-likeness (QED) is 0.659. The van der Waals surface area contributed by atoms with E-state index in [4.69, 9.17) is 23.2 Å². The van der Waals surface area contributed by atoms with E-state index in [1.165, 1.54) is 0 Å². The van der Waals surface area contributed by atoms with E-state index in [2.05, 4.69) is 10.2 Å². The summed E-state index contributed by atoms with van der Waals surface area (Å²) in [6.07, 6.45) is 3.65. The van der Waals surface area contributed by atoms with Gasteiger partial charge in [0.1, 0.15) is 0 Å². The molecule has 1 N–H and O–H groups in total. The monoisotopic (exact) mass is 385 g/mol. The van der Waals surface area contributed by atoms with Crippen molar-refractivity contribution >= 4 is 29.1 Å². The number of nitrogens with one attached hydrogen (secondary N) is 1. The highest BCUT2D eigenvalue weighted by molar-refractivity contribution is 6.31. The van der Waals surface area contributed by atoms with Crippen LogP contribution in [0.3, 0.4) is 0 Å². The molecule has 0 spiro atoms. The summed E-state index contributed by atoms with van der Waals surface area (Å²) >= 11 is 12.1. The third kappa shape index (κ3) is 3.22. The van der Waals surface area contributed by atoms with E-state index >= 15 is 0 Å². The summed E-state index contributed by atoms with van der Waals surface area (Å²) in [6, 6.07) is 14.7. The summed E-state index contributed by atoms with van der Waals surface area (Å²) in [6.45, 7) is 0.722. The molecule has 0 bridgehead atoms. The standard InChI is InChI=1S/C20H17Cl2N3O/c21-15-8-6-13(7-9-15)20(26)25-10-2-5-18(25)19-17(12-23-24-19)14-3-1-4-16(22)11-14/h1,3-4,6-9,11-12,18H,2,5,10H2,(H,23,24)/t18-/m0/s1. The number of benzene rings is 2. The first kappa shape index (κ1) is 17.1. The van der Waals surface area contributed by atoms with Gasteiger partial charge in [-0.1, -0.05) is 35.3 Å². The Bertz CT molecular complexity index is 936. The van der Waals surface area contributed by atoms with E-state index in [9.17, 15) is 4.79 Å². The molecule has 1 aromatic heterocycles. The van der Waals surface area contributed by atoms with Crippen molar-refractivity contribution in [2.24, 2.45) is 0 Å². The Morgan fingerprint density at radius 2 is 1.92 bits per heavy atom. The molecule has 4 nitrogen and oxygen atoms in total. The number of hydrogen-bond acceptors (Lipinski definition) is 2. The fourth-order valence-electron chi connectivity index (χ4n) is 3.50. The Labute approximate surface area is 161 Å². The molecule has 26 heavy (non-hydrogen) atoms. The van der Waals surface area contributed by atoms with E-state index < -0.39 is 0 Å². The first-order chi connectivity index (χ1) is 12.6. The molecule has 1 fully saturated rings. The van der Waals surface area contributed by atoms with Gasteiger partial charge in [-0.25, -0.2) is 0 Å². The van der Waals surface area contributed by atoms with E-state index in [1.807, 2.05) is 29.2 Å². The molecule has 0 unspecified atom stereocenters. The van der Waals surface area contributed by atoms with Crippen molar-refractivity contribution in [1.29, 1.82) is 0 Å². The molecule has 6 heteroatoms. The van der Waals surface area contributed by atoms with Crippen molar-refractivity contribution in [1.82, 2.24) is 15.1 Å². The van der Waals surface area contributed by atoms with Crippen LogP contribution in [-0.4, -0.2) is 27.5 Å². The van der Waals surface area contributed by atoms with Gasteiger partial charge < -0.3 is 4.90 Å². The molecule has 0 aliphatic carbocycles. The Hall–Kier alpha value is -2.30. The zero-order chi connectivity index (χ0) is 18.1. The molecular formula is C20H17Cl2N3O. The second kappa shape index (κ2) is 7.14. The molecule has 0 radical (unpaired) electrons. The van der Waals surface area contributed by atoms with E-state index in [0.29, 0.717) is 15.6 Å². The van der Waals surface area contributed by atoms with Crippen LogP contribution in [0.1, 0.15) is 34.9 Å². The second-order valence-corrected chi connectivity index (χ2v) is 7.24. The maximum Gasteiger partial charge on any atom is 0.254 e. The Kier molecular flexibility index (Phi) is 4.70. The molecule has 1 aliphatic heterocycles. The molecule has 3 aromatic rings. The van der Waals surface area contributed by atoms with Crippen LogP contribution in [0.4, 0.5) is 0 Å². The molecule has 1 atom stereocenters.